The maximum atomic E-state index is 14.9. The van der Waals surface area contributed by atoms with Crippen LogP contribution < -0.4 is 10.2 Å². The Kier molecular flexibility index (Phi) is 6.12. The molecule has 1 saturated heterocycles. The molecule has 7 atom stereocenters. The Morgan fingerprint density at radius 2 is 1.88 bits per heavy atom. The average Bonchev–Trinajstić information content (AvgIpc) is 3.06. The number of amides is 1. The Morgan fingerprint density at radius 1 is 1.15 bits per heavy atom. The molecule has 2 N–H and O–H groups in total. The third-order valence-corrected chi connectivity index (χ3v) is 10.6. The first-order valence-electron chi connectivity index (χ1n) is 14.5. The molecule has 8 heteroatoms. The molecule has 0 radical (unpaired) electrons. The Balaban J connectivity index is 1.49. The van der Waals surface area contributed by atoms with Gasteiger partial charge in [-0.15, -0.1) is 0 Å². The molecule has 0 aromatic heterocycles. The van der Waals surface area contributed by atoms with E-state index in [4.69, 9.17) is 14.2 Å². The molecular weight excluding hydrogens is 508 g/mol. The molecule has 2 heterocycles. The van der Waals surface area contributed by atoms with Crippen molar-refractivity contribution in [3.05, 3.63) is 47.6 Å². The number of nitrogens with zero attached hydrogens (tertiary/aromatic N) is 1. The molecule has 1 spiro atoms. The van der Waals surface area contributed by atoms with Gasteiger partial charge in [-0.25, -0.2) is 4.79 Å². The molecule has 1 amide bonds. The average molecular weight is 551 g/mol. The van der Waals surface area contributed by atoms with E-state index in [-0.39, 0.29) is 29.6 Å². The quantitative estimate of drug-likeness (QED) is 0.471. The summed E-state index contributed by atoms with van der Waals surface area (Å²) < 4.78 is 18.9. The number of carbonyl (C=O) groups excluding carboxylic acids is 2. The van der Waals surface area contributed by atoms with Gasteiger partial charge in [0.1, 0.15) is 6.10 Å². The van der Waals surface area contributed by atoms with Crippen molar-refractivity contribution >= 4 is 23.3 Å². The lowest BCUT2D eigenvalue weighted by molar-refractivity contribution is -0.302. The zero-order chi connectivity index (χ0) is 28.8. The predicted molar refractivity (Wildman–Crippen MR) is 152 cm³/mol. The molecule has 8 nitrogen and oxygen atoms in total. The Labute approximate surface area is 236 Å². The molecular formula is C32H42N2O6. The maximum Gasteiger partial charge on any atom is 0.415 e. The van der Waals surface area contributed by atoms with Crippen LogP contribution in [0.2, 0.25) is 0 Å². The monoisotopic (exact) mass is 550 g/mol. The number of fused-ring (bicyclic) bond motifs is 4. The van der Waals surface area contributed by atoms with Crippen LogP contribution >= 0.6 is 0 Å². The van der Waals surface area contributed by atoms with Gasteiger partial charge in [0.15, 0.2) is 23.3 Å². The van der Waals surface area contributed by atoms with Crippen LogP contribution in [-0.4, -0.2) is 60.3 Å². The van der Waals surface area contributed by atoms with Gasteiger partial charge in [-0.1, -0.05) is 52.0 Å². The Morgan fingerprint density at radius 3 is 2.62 bits per heavy atom. The Hall–Kier alpha value is -2.68. The Bertz CT molecular complexity index is 1320. The first-order chi connectivity index (χ1) is 18.7. The highest BCUT2D eigenvalue weighted by atomic mass is 16.7. The number of ketones is 1. The lowest BCUT2D eigenvalue weighted by Crippen LogP contribution is -2.68. The van der Waals surface area contributed by atoms with Crippen molar-refractivity contribution in [3.8, 4) is 0 Å². The van der Waals surface area contributed by atoms with Gasteiger partial charge in [0.2, 0.25) is 0 Å². The van der Waals surface area contributed by atoms with Crippen molar-refractivity contribution in [2.24, 2.45) is 28.6 Å². The van der Waals surface area contributed by atoms with Gasteiger partial charge in [-0.3, -0.25) is 9.69 Å². The summed E-state index contributed by atoms with van der Waals surface area (Å²) in [6.45, 7) is 15.2. The minimum absolute atomic E-state index is 0.0365. The number of aliphatic hydroxyl groups is 1. The fourth-order valence-electron chi connectivity index (χ4n) is 8.00. The molecule has 6 rings (SSSR count). The lowest BCUT2D eigenvalue weighted by Gasteiger charge is -2.52. The van der Waals surface area contributed by atoms with Crippen molar-refractivity contribution in [2.75, 3.05) is 29.9 Å². The van der Waals surface area contributed by atoms with E-state index in [2.05, 4.69) is 26.1 Å². The van der Waals surface area contributed by atoms with E-state index in [0.29, 0.717) is 18.7 Å². The van der Waals surface area contributed by atoms with Crippen LogP contribution in [0.5, 0.6) is 0 Å². The van der Waals surface area contributed by atoms with Gasteiger partial charge in [0.25, 0.3) is 0 Å². The summed E-state index contributed by atoms with van der Waals surface area (Å²) in [4.78, 5) is 30.4. The number of benzene rings is 1. The summed E-state index contributed by atoms with van der Waals surface area (Å²) in [6, 6.07) is 7.59. The number of para-hydroxylation sites is 2. The number of carbonyl (C=O) groups is 2. The summed E-state index contributed by atoms with van der Waals surface area (Å²) in [6.07, 6.45) is 2.11. The zero-order valence-electron chi connectivity index (χ0n) is 24.6. The lowest BCUT2D eigenvalue weighted by atomic mass is 9.59. The number of Topliss-reactive ketones (excluding diaryl/α,β-unsaturated/α-hetero) is 1. The molecule has 216 valence electrons. The van der Waals surface area contributed by atoms with Crippen molar-refractivity contribution in [2.45, 2.75) is 78.5 Å². The van der Waals surface area contributed by atoms with E-state index in [0.717, 1.165) is 23.4 Å². The van der Waals surface area contributed by atoms with Crippen LogP contribution in [0.15, 0.2) is 47.6 Å². The summed E-state index contributed by atoms with van der Waals surface area (Å²) in [5.41, 5.74) is -0.538. The van der Waals surface area contributed by atoms with Crippen LogP contribution in [0.25, 0.3) is 0 Å². The highest BCUT2D eigenvalue weighted by Gasteiger charge is 2.74. The molecule has 1 aromatic rings. The maximum absolute atomic E-state index is 14.9. The number of nitrogens with one attached hydrogen (secondary N) is 1. The van der Waals surface area contributed by atoms with Gasteiger partial charge >= 0.3 is 6.09 Å². The third kappa shape index (κ3) is 3.61. The van der Waals surface area contributed by atoms with Crippen LogP contribution in [0.1, 0.15) is 54.9 Å². The number of hydrogen-bond donors (Lipinski definition) is 2. The first-order valence-corrected chi connectivity index (χ1v) is 14.5. The number of rotatable bonds is 1. The molecule has 5 aliphatic rings. The van der Waals surface area contributed by atoms with Crippen molar-refractivity contribution in [3.63, 3.8) is 0 Å². The van der Waals surface area contributed by atoms with E-state index in [1.54, 1.807) is 4.90 Å². The van der Waals surface area contributed by atoms with Gasteiger partial charge < -0.3 is 24.6 Å². The van der Waals surface area contributed by atoms with Crippen LogP contribution in [-0.2, 0) is 19.0 Å². The second-order valence-electron chi connectivity index (χ2n) is 13.6. The summed E-state index contributed by atoms with van der Waals surface area (Å²) >= 11 is 0. The molecule has 2 aliphatic heterocycles. The SMILES string of the molecule is CC1=C[C@]23C(=O)[C@@H](C=C4COC(C)(C)O[C@H]4[C@]2(O)[C@H]1OC(=O)N1CCNc2ccccc21)C(C)(C)[C@@H](C)C[C@H]3C. The van der Waals surface area contributed by atoms with Crippen molar-refractivity contribution in [1.29, 1.82) is 0 Å². The second-order valence-corrected chi connectivity index (χ2v) is 13.6. The topological polar surface area (TPSA) is 97.3 Å². The molecule has 2 fully saturated rings. The fraction of sp³-hybridized carbons (Fsp3) is 0.625. The van der Waals surface area contributed by atoms with Crippen LogP contribution in [0.3, 0.4) is 0 Å². The third-order valence-electron chi connectivity index (χ3n) is 10.6. The molecule has 0 unspecified atom stereocenters. The largest absolute Gasteiger partial charge is 0.438 e. The summed E-state index contributed by atoms with van der Waals surface area (Å²) in [7, 11) is 0. The zero-order valence-corrected chi connectivity index (χ0v) is 24.6. The van der Waals surface area contributed by atoms with Gasteiger partial charge in [0.05, 0.1) is 23.4 Å². The van der Waals surface area contributed by atoms with E-state index >= 15 is 0 Å². The van der Waals surface area contributed by atoms with Gasteiger partial charge in [0, 0.05) is 19.0 Å². The van der Waals surface area contributed by atoms with Crippen molar-refractivity contribution in [1.82, 2.24) is 0 Å². The molecule has 3 aliphatic carbocycles. The minimum Gasteiger partial charge on any atom is -0.438 e. The van der Waals surface area contributed by atoms with Crippen LogP contribution in [0.4, 0.5) is 16.2 Å². The predicted octanol–water partition coefficient (Wildman–Crippen LogP) is 5.08. The smallest absolute Gasteiger partial charge is 0.415 e. The van der Waals surface area contributed by atoms with E-state index in [1.807, 2.05) is 64.1 Å². The highest BCUT2D eigenvalue weighted by molar-refractivity contribution is 5.96. The van der Waals surface area contributed by atoms with E-state index < -0.39 is 41.0 Å². The van der Waals surface area contributed by atoms with E-state index in [1.165, 1.54) is 0 Å². The summed E-state index contributed by atoms with van der Waals surface area (Å²) in [5.74, 6) is -1.49. The first kappa shape index (κ1) is 27.5. The summed E-state index contributed by atoms with van der Waals surface area (Å²) in [5, 5.41) is 16.5. The van der Waals surface area contributed by atoms with E-state index in [9.17, 15) is 14.7 Å². The standard InChI is InChI=1S/C32H42N2O6/c1-18-16-31-20(3)14-19(2)29(4,5)22(25(31)35)15-21-17-38-30(6,7)40-27(21)32(31,37)26(18)39-28(36)34-13-12-33-23-10-8-9-11-24(23)34/h8-11,15-16,19-20,22,26-27,33,37H,12-14,17H2,1-7H3/t19-,20+,22+,26-,27+,31-,32+/m0/s1. The second kappa shape index (κ2) is 8.91. The van der Waals surface area contributed by atoms with Gasteiger partial charge in [-0.2, -0.15) is 0 Å². The highest BCUT2D eigenvalue weighted by Crippen LogP contribution is 2.64. The molecule has 1 aromatic carbocycles. The normalized spacial score (nSPS) is 39.4. The number of allylic oxidation sites excluding steroid dienone is 1. The van der Waals surface area contributed by atoms with Crippen molar-refractivity contribution < 1.29 is 28.9 Å². The number of hydrogen-bond acceptors (Lipinski definition) is 7. The van der Waals surface area contributed by atoms with Crippen LogP contribution in [0, 0.1) is 28.6 Å². The number of ether oxygens (including phenoxy) is 3. The number of anilines is 2. The minimum atomic E-state index is -1.85. The fourth-order valence-corrected chi connectivity index (χ4v) is 8.00. The molecule has 40 heavy (non-hydrogen) atoms. The molecule has 1 saturated carbocycles. The molecule has 2 bridgehead atoms. The van der Waals surface area contributed by atoms with Gasteiger partial charge in [-0.05, 0) is 67.7 Å².